The van der Waals surface area contributed by atoms with Gasteiger partial charge in [-0.2, -0.15) is 0 Å². The fourth-order valence-electron chi connectivity index (χ4n) is 4.94. The first-order valence-electron chi connectivity index (χ1n) is 11.7. The van der Waals surface area contributed by atoms with E-state index in [1.165, 1.54) is 29.0 Å². The third-order valence-corrected chi connectivity index (χ3v) is 7.52. The lowest BCUT2D eigenvalue weighted by molar-refractivity contribution is 0.370. The molecule has 36 heavy (non-hydrogen) atoms. The van der Waals surface area contributed by atoms with Crippen LogP contribution in [0.25, 0.3) is 11.8 Å². The van der Waals surface area contributed by atoms with Gasteiger partial charge in [0.1, 0.15) is 18.2 Å². The summed E-state index contributed by atoms with van der Waals surface area (Å²) in [6, 6.07) is 21.8. The van der Waals surface area contributed by atoms with Crippen LogP contribution >= 0.6 is 11.3 Å². The van der Waals surface area contributed by atoms with E-state index in [1.807, 2.05) is 48.5 Å². The average Bonchev–Trinajstić information content (AvgIpc) is 3.21. The van der Waals surface area contributed by atoms with Gasteiger partial charge in [-0.15, -0.1) is 6.42 Å². The number of hydrogen-bond donors (Lipinski definition) is 0. The fourth-order valence-corrected chi connectivity index (χ4v) is 5.94. The van der Waals surface area contributed by atoms with E-state index in [0.717, 1.165) is 40.8 Å². The Morgan fingerprint density at radius 1 is 1.11 bits per heavy atom. The number of ether oxygens (including phenoxy) is 1. The van der Waals surface area contributed by atoms with Crippen molar-refractivity contribution in [2.24, 2.45) is 4.99 Å². The number of aromatic nitrogens is 1. The van der Waals surface area contributed by atoms with Crippen molar-refractivity contribution in [1.82, 2.24) is 4.57 Å². The summed E-state index contributed by atoms with van der Waals surface area (Å²) < 4.78 is 22.0. The Labute approximate surface area is 211 Å². The van der Waals surface area contributed by atoms with Crippen molar-refractivity contribution < 1.29 is 9.13 Å². The van der Waals surface area contributed by atoms with Crippen LogP contribution in [0.1, 0.15) is 34.7 Å². The molecule has 1 atom stereocenters. The van der Waals surface area contributed by atoms with Crippen LogP contribution in [0.3, 0.4) is 0 Å². The highest BCUT2D eigenvalue weighted by Crippen LogP contribution is 2.41. The molecule has 0 amide bonds. The molecule has 4 aromatic rings. The maximum Gasteiger partial charge on any atom is 0.271 e. The number of thiazole rings is 1. The predicted octanol–water partition coefficient (Wildman–Crippen LogP) is 4.47. The van der Waals surface area contributed by atoms with Gasteiger partial charge in [-0.05, 0) is 65.4 Å². The molecule has 0 spiro atoms. The van der Waals surface area contributed by atoms with Gasteiger partial charge >= 0.3 is 0 Å². The smallest absolute Gasteiger partial charge is 0.271 e. The first kappa shape index (κ1) is 22.3. The van der Waals surface area contributed by atoms with Crippen molar-refractivity contribution in [3.8, 4) is 18.1 Å². The predicted molar refractivity (Wildman–Crippen MR) is 140 cm³/mol. The minimum Gasteiger partial charge on any atom is -0.481 e. The number of terminal acetylenes is 1. The second-order valence-electron chi connectivity index (χ2n) is 8.73. The Hall–Kier alpha value is -4.21. The van der Waals surface area contributed by atoms with Gasteiger partial charge in [-0.3, -0.25) is 9.36 Å². The van der Waals surface area contributed by atoms with E-state index in [4.69, 9.17) is 16.2 Å². The Balaban J connectivity index is 1.53. The first-order valence-corrected chi connectivity index (χ1v) is 12.5. The zero-order chi connectivity index (χ0) is 24.6. The van der Waals surface area contributed by atoms with E-state index in [1.54, 1.807) is 10.6 Å². The molecule has 176 valence electrons. The topological polar surface area (TPSA) is 43.6 Å². The second kappa shape index (κ2) is 9.10. The molecule has 1 aliphatic heterocycles. The van der Waals surface area contributed by atoms with E-state index < -0.39 is 6.04 Å². The van der Waals surface area contributed by atoms with Crippen molar-refractivity contribution in [2.45, 2.75) is 18.9 Å². The summed E-state index contributed by atoms with van der Waals surface area (Å²) in [5.41, 5.74) is 5.75. The van der Waals surface area contributed by atoms with Crippen molar-refractivity contribution in [2.75, 3.05) is 6.61 Å². The maximum atomic E-state index is 14.3. The molecule has 0 saturated heterocycles. The van der Waals surface area contributed by atoms with Gasteiger partial charge in [0.25, 0.3) is 5.56 Å². The average molecular weight is 493 g/mol. The van der Waals surface area contributed by atoms with Gasteiger partial charge in [0.2, 0.25) is 0 Å². The van der Waals surface area contributed by atoms with E-state index in [9.17, 15) is 9.18 Å². The van der Waals surface area contributed by atoms with E-state index >= 15 is 0 Å². The van der Waals surface area contributed by atoms with Gasteiger partial charge in [0.05, 0.1) is 16.3 Å². The van der Waals surface area contributed by atoms with Crippen LogP contribution < -0.4 is 19.6 Å². The molecule has 3 aromatic carbocycles. The molecule has 2 heterocycles. The highest BCUT2D eigenvalue weighted by Gasteiger charge is 2.32. The summed E-state index contributed by atoms with van der Waals surface area (Å²) in [5.74, 6) is 2.79. The number of aryl methyl sites for hydroxylation is 1. The van der Waals surface area contributed by atoms with Gasteiger partial charge in [-0.1, -0.05) is 65.8 Å². The largest absolute Gasteiger partial charge is 0.481 e. The Kier molecular flexibility index (Phi) is 5.63. The van der Waals surface area contributed by atoms with Crippen molar-refractivity contribution in [3.05, 3.63) is 126 Å². The van der Waals surface area contributed by atoms with Gasteiger partial charge in [0, 0.05) is 5.56 Å². The molecule has 1 aliphatic carbocycles. The molecule has 0 N–H and O–H groups in total. The SMILES string of the molecule is C#CCOc1ccc(/C=c2/sc3n(c2=O)[C@@H](c2cccc(F)c2)C2=C(N=3)c3ccccc3CC2)cc1. The number of halogens is 1. The van der Waals surface area contributed by atoms with Crippen LogP contribution in [-0.2, 0) is 6.42 Å². The Morgan fingerprint density at radius 3 is 2.75 bits per heavy atom. The second-order valence-corrected chi connectivity index (χ2v) is 9.74. The summed E-state index contributed by atoms with van der Waals surface area (Å²) in [5, 5.41) is 0. The third-order valence-electron chi connectivity index (χ3n) is 6.54. The van der Waals surface area contributed by atoms with Crippen molar-refractivity contribution in [3.63, 3.8) is 0 Å². The zero-order valence-electron chi connectivity index (χ0n) is 19.3. The number of fused-ring (bicyclic) bond motifs is 3. The molecule has 0 radical (unpaired) electrons. The highest BCUT2D eigenvalue weighted by atomic mass is 32.1. The molecule has 1 aromatic heterocycles. The molecular weight excluding hydrogens is 471 g/mol. The molecule has 0 fully saturated rings. The summed E-state index contributed by atoms with van der Waals surface area (Å²) in [7, 11) is 0. The number of benzene rings is 3. The molecule has 4 nitrogen and oxygen atoms in total. The van der Waals surface area contributed by atoms with Gasteiger partial charge < -0.3 is 4.74 Å². The van der Waals surface area contributed by atoms with Crippen LogP contribution in [0.5, 0.6) is 5.75 Å². The quantitative estimate of drug-likeness (QED) is 0.395. The molecule has 0 saturated carbocycles. The lowest BCUT2D eigenvalue weighted by Crippen LogP contribution is -2.38. The van der Waals surface area contributed by atoms with Crippen LogP contribution in [0.15, 0.2) is 88.2 Å². The molecule has 6 rings (SSSR count). The van der Waals surface area contributed by atoms with Crippen LogP contribution in [0.4, 0.5) is 4.39 Å². The summed E-state index contributed by atoms with van der Waals surface area (Å²) in [6.07, 6.45) is 8.73. The molecule has 2 aliphatic rings. The van der Waals surface area contributed by atoms with Crippen molar-refractivity contribution >= 4 is 23.1 Å². The lowest BCUT2D eigenvalue weighted by Gasteiger charge is -2.30. The number of hydrogen-bond acceptors (Lipinski definition) is 4. The monoisotopic (exact) mass is 492 g/mol. The summed E-state index contributed by atoms with van der Waals surface area (Å²) in [4.78, 5) is 19.3. The number of nitrogens with zero attached hydrogens (tertiary/aromatic N) is 2. The third kappa shape index (κ3) is 3.88. The number of allylic oxidation sites excluding steroid dienone is 1. The Bertz CT molecular complexity index is 1740. The lowest BCUT2D eigenvalue weighted by atomic mass is 9.83. The number of rotatable bonds is 4. The molecule has 0 bridgehead atoms. The first-order chi connectivity index (χ1) is 17.6. The van der Waals surface area contributed by atoms with Crippen LogP contribution in [0, 0.1) is 18.2 Å². The zero-order valence-corrected chi connectivity index (χ0v) is 20.1. The highest BCUT2D eigenvalue weighted by molar-refractivity contribution is 7.07. The van der Waals surface area contributed by atoms with E-state index in [2.05, 4.69) is 18.1 Å². The van der Waals surface area contributed by atoms with Crippen molar-refractivity contribution in [1.29, 1.82) is 0 Å². The van der Waals surface area contributed by atoms with E-state index in [-0.39, 0.29) is 18.0 Å². The summed E-state index contributed by atoms with van der Waals surface area (Å²) >= 11 is 1.35. The Morgan fingerprint density at radius 2 is 1.94 bits per heavy atom. The maximum absolute atomic E-state index is 14.3. The minimum absolute atomic E-state index is 0.133. The normalized spacial score (nSPS) is 16.4. The standard InChI is InChI=1S/C30H21FN2O2S/c1-2-16-35-23-13-10-19(11-14-23)17-26-29(34)33-28(21-7-5-8-22(31)18-21)25-15-12-20-6-3-4-9-24(20)27(25)32-30(33)36-26/h1,3-11,13-14,17-18,28H,12,15-16H2/b26-17+/t28-/m0/s1. The summed E-state index contributed by atoms with van der Waals surface area (Å²) in [6.45, 7) is 0.200. The van der Waals surface area contributed by atoms with Gasteiger partial charge in [0.15, 0.2) is 4.80 Å². The van der Waals surface area contributed by atoms with E-state index in [0.29, 0.717) is 15.1 Å². The fraction of sp³-hybridized carbons (Fsp3) is 0.133. The molecule has 0 unspecified atom stereocenters. The molecule has 6 heteroatoms. The van der Waals surface area contributed by atoms with Crippen LogP contribution in [-0.4, -0.2) is 11.2 Å². The van der Waals surface area contributed by atoms with Crippen LogP contribution in [0.2, 0.25) is 0 Å². The molecular formula is C30H21FN2O2S. The minimum atomic E-state index is -0.401. The van der Waals surface area contributed by atoms with Gasteiger partial charge in [-0.25, -0.2) is 9.38 Å².